The fourth-order valence-corrected chi connectivity index (χ4v) is 1.84. The van der Waals surface area contributed by atoms with E-state index in [1.807, 2.05) is 0 Å². The Balaban J connectivity index is 2.30. The van der Waals surface area contributed by atoms with E-state index in [9.17, 15) is 18.0 Å². The van der Waals surface area contributed by atoms with Crippen molar-refractivity contribution in [1.82, 2.24) is 0 Å². The quantitative estimate of drug-likeness (QED) is 0.517. The zero-order valence-corrected chi connectivity index (χ0v) is 10.1. The van der Waals surface area contributed by atoms with E-state index in [2.05, 4.69) is 4.74 Å². The summed E-state index contributed by atoms with van der Waals surface area (Å²) < 4.78 is 42.2. The lowest BCUT2D eigenvalue weighted by Crippen LogP contribution is -2.30. The van der Waals surface area contributed by atoms with Crippen LogP contribution in [0.3, 0.4) is 0 Å². The average Bonchev–Trinajstić information content (AvgIpc) is 2.73. The predicted molar refractivity (Wildman–Crippen MR) is 62.2 cm³/mol. The van der Waals surface area contributed by atoms with E-state index < -0.39 is 22.7 Å². The fraction of sp³-hybridized carbons (Fsp3) is 0.182. The zero-order chi connectivity index (χ0) is 14.2. The summed E-state index contributed by atoms with van der Waals surface area (Å²) in [4.78, 5) is 10.9. The lowest BCUT2D eigenvalue weighted by Gasteiger charge is -2.20. The molecule has 0 bridgehead atoms. The maximum atomic E-state index is 12.5. The second kappa shape index (κ2) is 4.75. The Labute approximate surface area is 111 Å². The number of halogens is 4. The van der Waals surface area contributed by atoms with Gasteiger partial charge >= 0.3 is 12.1 Å². The number of nitrogens with zero attached hydrogens (tertiary/aromatic N) is 1. The Bertz CT molecular complexity index is 557. The van der Waals surface area contributed by atoms with Crippen LogP contribution in [-0.4, -0.2) is 12.6 Å². The van der Waals surface area contributed by atoms with Crippen LogP contribution in [0.1, 0.15) is 5.56 Å². The standard InChI is InChI=1S/C11H8ClF3N2O2/c12-9-3-6(1-2-8(9)11(13,14)15)17(16)7-4-10(18)19-5-7/h1-4H,5,16H2. The monoisotopic (exact) mass is 292 g/mol. The number of anilines is 1. The number of alkyl halides is 3. The molecule has 2 rings (SSSR count). The molecule has 102 valence electrons. The van der Waals surface area contributed by atoms with Crippen molar-refractivity contribution in [3.05, 3.63) is 40.6 Å². The Morgan fingerprint density at radius 2 is 2.05 bits per heavy atom. The van der Waals surface area contributed by atoms with Crippen LogP contribution in [0.2, 0.25) is 5.02 Å². The van der Waals surface area contributed by atoms with Crippen LogP contribution >= 0.6 is 11.6 Å². The number of esters is 1. The van der Waals surface area contributed by atoms with Gasteiger partial charge in [-0.2, -0.15) is 13.2 Å². The maximum Gasteiger partial charge on any atom is 0.417 e. The van der Waals surface area contributed by atoms with Crippen LogP contribution in [0.5, 0.6) is 0 Å². The SMILES string of the molecule is NN(C1=CC(=O)OC1)c1ccc(C(F)(F)F)c(Cl)c1. The van der Waals surface area contributed by atoms with Crippen molar-refractivity contribution in [3.8, 4) is 0 Å². The summed E-state index contributed by atoms with van der Waals surface area (Å²) in [6, 6.07) is 3.07. The van der Waals surface area contributed by atoms with E-state index in [0.29, 0.717) is 5.70 Å². The Kier molecular flexibility index (Phi) is 3.42. The van der Waals surface area contributed by atoms with Gasteiger partial charge in [0.25, 0.3) is 0 Å². The first-order valence-corrected chi connectivity index (χ1v) is 5.46. The minimum atomic E-state index is -4.53. The van der Waals surface area contributed by atoms with Gasteiger partial charge < -0.3 is 4.74 Å². The van der Waals surface area contributed by atoms with Crippen molar-refractivity contribution in [1.29, 1.82) is 0 Å². The van der Waals surface area contributed by atoms with E-state index in [-0.39, 0.29) is 12.3 Å². The molecule has 0 atom stereocenters. The molecule has 0 radical (unpaired) electrons. The highest BCUT2D eigenvalue weighted by Gasteiger charge is 2.33. The van der Waals surface area contributed by atoms with Gasteiger partial charge in [0.1, 0.15) is 6.61 Å². The van der Waals surface area contributed by atoms with Gasteiger partial charge in [-0.1, -0.05) is 11.6 Å². The van der Waals surface area contributed by atoms with Crippen molar-refractivity contribution in [2.24, 2.45) is 5.84 Å². The molecule has 1 aromatic rings. The molecule has 0 spiro atoms. The topological polar surface area (TPSA) is 55.6 Å². The molecule has 8 heteroatoms. The first-order valence-electron chi connectivity index (χ1n) is 5.08. The van der Waals surface area contributed by atoms with E-state index in [0.717, 1.165) is 23.2 Å². The van der Waals surface area contributed by atoms with Crippen LogP contribution < -0.4 is 10.9 Å². The molecule has 0 saturated carbocycles. The summed E-state index contributed by atoms with van der Waals surface area (Å²) in [6.07, 6.45) is -3.37. The van der Waals surface area contributed by atoms with E-state index in [4.69, 9.17) is 17.4 Å². The number of carbonyl (C=O) groups excluding carboxylic acids is 1. The van der Waals surface area contributed by atoms with Gasteiger partial charge in [-0.15, -0.1) is 0 Å². The summed E-state index contributed by atoms with van der Waals surface area (Å²) in [5.41, 5.74) is -0.387. The molecule has 1 aromatic carbocycles. The van der Waals surface area contributed by atoms with Gasteiger partial charge in [-0.05, 0) is 18.2 Å². The maximum absolute atomic E-state index is 12.5. The van der Waals surface area contributed by atoms with Gasteiger partial charge in [-0.25, -0.2) is 10.6 Å². The van der Waals surface area contributed by atoms with Crippen LogP contribution in [-0.2, 0) is 15.7 Å². The number of benzene rings is 1. The zero-order valence-electron chi connectivity index (χ0n) is 9.37. The number of nitrogens with two attached hydrogens (primary N) is 1. The lowest BCUT2D eigenvalue weighted by atomic mass is 10.2. The number of rotatable bonds is 2. The number of hydrogen-bond acceptors (Lipinski definition) is 4. The molecule has 0 aliphatic carbocycles. The lowest BCUT2D eigenvalue weighted by molar-refractivity contribution is -0.137. The molecular weight excluding hydrogens is 285 g/mol. The third-order valence-corrected chi connectivity index (χ3v) is 2.81. The molecule has 0 unspecified atom stereocenters. The second-order valence-electron chi connectivity index (χ2n) is 3.78. The highest BCUT2D eigenvalue weighted by molar-refractivity contribution is 6.31. The molecule has 4 nitrogen and oxygen atoms in total. The number of cyclic esters (lactones) is 1. The smallest absolute Gasteiger partial charge is 0.417 e. The summed E-state index contributed by atoms with van der Waals surface area (Å²) in [6.45, 7) is -0.0338. The van der Waals surface area contributed by atoms with Gasteiger partial charge in [-0.3, -0.25) is 5.01 Å². The van der Waals surface area contributed by atoms with Gasteiger partial charge in [0.15, 0.2) is 0 Å². The van der Waals surface area contributed by atoms with Gasteiger partial charge in [0.2, 0.25) is 0 Å². The summed E-state index contributed by atoms with van der Waals surface area (Å²) in [5.74, 6) is 5.13. The number of hydrogen-bond donors (Lipinski definition) is 1. The second-order valence-corrected chi connectivity index (χ2v) is 4.18. The van der Waals surface area contributed by atoms with Crippen LogP contribution in [0.25, 0.3) is 0 Å². The van der Waals surface area contributed by atoms with Crippen molar-refractivity contribution in [3.63, 3.8) is 0 Å². The van der Waals surface area contributed by atoms with Crippen molar-refractivity contribution >= 4 is 23.3 Å². The highest BCUT2D eigenvalue weighted by Crippen LogP contribution is 2.36. The van der Waals surface area contributed by atoms with Crippen LogP contribution in [0, 0.1) is 0 Å². The fourth-order valence-electron chi connectivity index (χ4n) is 1.55. The predicted octanol–water partition coefficient (Wildman–Crippen LogP) is 2.48. The summed E-state index contributed by atoms with van der Waals surface area (Å²) in [5, 5.41) is 0.586. The van der Waals surface area contributed by atoms with E-state index in [1.54, 1.807) is 0 Å². The minimum Gasteiger partial charge on any atom is -0.456 e. The van der Waals surface area contributed by atoms with Crippen molar-refractivity contribution in [2.75, 3.05) is 11.6 Å². The van der Waals surface area contributed by atoms with E-state index in [1.165, 1.54) is 6.07 Å². The van der Waals surface area contributed by atoms with Crippen molar-refractivity contribution < 1.29 is 22.7 Å². The first kappa shape index (κ1) is 13.7. The molecule has 1 aliphatic rings. The molecule has 0 saturated heterocycles. The Morgan fingerprint density at radius 3 is 2.53 bits per heavy atom. The number of ether oxygens (including phenoxy) is 1. The number of carbonyl (C=O) groups is 1. The highest BCUT2D eigenvalue weighted by atomic mass is 35.5. The van der Waals surface area contributed by atoms with Crippen molar-refractivity contribution in [2.45, 2.75) is 6.18 Å². The minimum absolute atomic E-state index is 0.0338. The summed E-state index contributed by atoms with van der Waals surface area (Å²) >= 11 is 5.57. The Hall–Kier alpha value is -1.73. The molecule has 0 amide bonds. The first-order chi connectivity index (χ1) is 8.79. The summed E-state index contributed by atoms with van der Waals surface area (Å²) in [7, 11) is 0. The number of hydrazine groups is 1. The third kappa shape index (κ3) is 2.82. The molecule has 0 aromatic heterocycles. The van der Waals surface area contributed by atoms with Crippen LogP contribution in [0.15, 0.2) is 30.0 Å². The van der Waals surface area contributed by atoms with E-state index >= 15 is 0 Å². The molecular formula is C11H8ClF3N2O2. The Morgan fingerprint density at radius 1 is 1.37 bits per heavy atom. The molecule has 0 fully saturated rings. The van der Waals surface area contributed by atoms with Crippen LogP contribution in [0.4, 0.5) is 18.9 Å². The molecule has 19 heavy (non-hydrogen) atoms. The molecule has 1 aliphatic heterocycles. The van der Waals surface area contributed by atoms with Gasteiger partial charge in [0, 0.05) is 6.08 Å². The molecule has 2 N–H and O–H groups in total. The normalized spacial score (nSPS) is 15.2. The third-order valence-electron chi connectivity index (χ3n) is 2.49. The largest absolute Gasteiger partial charge is 0.456 e. The average molecular weight is 293 g/mol. The van der Waals surface area contributed by atoms with Gasteiger partial charge in [0.05, 0.1) is 22.0 Å². The molecule has 1 heterocycles.